The fourth-order valence-electron chi connectivity index (χ4n) is 2.39. The van der Waals surface area contributed by atoms with Crippen molar-refractivity contribution < 1.29 is 19.1 Å². The monoisotopic (exact) mass is 337 g/mol. The van der Waals surface area contributed by atoms with Crippen LogP contribution in [0.25, 0.3) is 21.9 Å². The Morgan fingerprint density at radius 2 is 1.32 bits per heavy atom. The third-order valence-corrected chi connectivity index (χ3v) is 3.40. The van der Waals surface area contributed by atoms with Crippen LogP contribution in [0.5, 0.6) is 0 Å². The molecule has 1 aromatic heterocycles. The van der Waals surface area contributed by atoms with Crippen LogP contribution in [-0.4, -0.2) is 30.1 Å². The van der Waals surface area contributed by atoms with Crippen molar-refractivity contribution in [3.63, 3.8) is 0 Å². The molecule has 0 saturated heterocycles. The number of esters is 2. The van der Waals surface area contributed by atoms with Gasteiger partial charge in [0.2, 0.25) is 0 Å². The molecule has 1 heterocycles. The van der Waals surface area contributed by atoms with E-state index in [0.29, 0.717) is 10.8 Å². The number of fused-ring (bicyclic) bond motifs is 1. The number of hydrogen-bond donors (Lipinski definition) is 1. The standard InChI is InChI=1S/C18H15N3O4/c1-3-24-17(22)13(9-19)15-11-7-5-6-8-12(11)16(21-15)14(10-20)18(23)25-4-2/h5-8,21H,3-4H2,1-2H3/b15-13-,16-14-. The Morgan fingerprint density at radius 1 is 0.920 bits per heavy atom. The van der Waals surface area contributed by atoms with Crippen LogP contribution in [0.4, 0.5) is 0 Å². The first-order chi connectivity index (χ1) is 12.1. The minimum atomic E-state index is -0.779. The molecular weight excluding hydrogens is 322 g/mol. The molecule has 7 nitrogen and oxygen atoms in total. The normalized spacial score (nSPS) is 12.6. The highest BCUT2D eigenvalue weighted by Gasteiger charge is 2.18. The van der Waals surface area contributed by atoms with Crippen LogP contribution < -0.4 is 10.7 Å². The summed E-state index contributed by atoms with van der Waals surface area (Å²) in [5.74, 6) is -1.56. The summed E-state index contributed by atoms with van der Waals surface area (Å²) in [7, 11) is 0. The maximum Gasteiger partial charge on any atom is 0.351 e. The highest BCUT2D eigenvalue weighted by Crippen LogP contribution is 2.08. The van der Waals surface area contributed by atoms with E-state index in [1.54, 1.807) is 38.1 Å². The third kappa shape index (κ3) is 3.36. The second-order valence-electron chi connectivity index (χ2n) is 4.84. The van der Waals surface area contributed by atoms with Gasteiger partial charge in [0.05, 0.1) is 23.9 Å². The number of aromatic amines is 1. The van der Waals surface area contributed by atoms with Gasteiger partial charge in [0, 0.05) is 10.8 Å². The molecule has 0 atom stereocenters. The van der Waals surface area contributed by atoms with E-state index in [1.165, 1.54) is 0 Å². The van der Waals surface area contributed by atoms with Gasteiger partial charge in [-0.3, -0.25) is 0 Å². The van der Waals surface area contributed by atoms with Crippen molar-refractivity contribution in [2.24, 2.45) is 0 Å². The number of aromatic nitrogens is 1. The molecule has 126 valence electrons. The summed E-state index contributed by atoms with van der Waals surface area (Å²) >= 11 is 0. The molecule has 25 heavy (non-hydrogen) atoms. The summed E-state index contributed by atoms with van der Waals surface area (Å²) in [5, 5.41) is 20.2. The smallest absolute Gasteiger partial charge is 0.351 e. The molecule has 0 aliphatic carbocycles. The van der Waals surface area contributed by atoms with Crippen LogP contribution in [0.15, 0.2) is 24.3 Å². The van der Waals surface area contributed by atoms with Crippen molar-refractivity contribution >= 4 is 33.9 Å². The maximum absolute atomic E-state index is 12.0. The number of ether oxygens (including phenoxy) is 2. The third-order valence-electron chi connectivity index (χ3n) is 3.40. The van der Waals surface area contributed by atoms with E-state index in [4.69, 9.17) is 9.47 Å². The first kappa shape index (κ1) is 17.8. The molecule has 1 aromatic carbocycles. The number of carbonyl (C=O) groups is 2. The zero-order chi connectivity index (χ0) is 18.4. The lowest BCUT2D eigenvalue weighted by Crippen LogP contribution is -2.22. The first-order valence-electron chi connectivity index (χ1n) is 7.58. The second kappa shape index (κ2) is 7.80. The Bertz CT molecular complexity index is 953. The highest BCUT2D eigenvalue weighted by atomic mass is 16.5. The van der Waals surface area contributed by atoms with Gasteiger partial charge in [0.25, 0.3) is 0 Å². The Morgan fingerprint density at radius 3 is 1.64 bits per heavy atom. The number of benzene rings is 1. The summed E-state index contributed by atoms with van der Waals surface area (Å²) in [6.45, 7) is 3.50. The van der Waals surface area contributed by atoms with Crippen LogP contribution in [0, 0.1) is 22.7 Å². The van der Waals surface area contributed by atoms with Gasteiger partial charge in [-0.15, -0.1) is 0 Å². The summed E-state index contributed by atoms with van der Waals surface area (Å²) < 4.78 is 9.80. The fourth-order valence-corrected chi connectivity index (χ4v) is 2.39. The highest BCUT2D eigenvalue weighted by molar-refractivity contribution is 6.18. The number of H-pyrrole nitrogens is 1. The molecule has 0 amide bonds. The topological polar surface area (TPSA) is 116 Å². The molecule has 0 aliphatic rings. The average Bonchev–Trinajstić information content (AvgIpc) is 2.97. The van der Waals surface area contributed by atoms with Crippen molar-refractivity contribution in [1.29, 1.82) is 10.5 Å². The van der Waals surface area contributed by atoms with E-state index in [-0.39, 0.29) is 35.1 Å². The summed E-state index contributed by atoms with van der Waals surface area (Å²) in [4.78, 5) is 26.9. The molecule has 0 fully saturated rings. The number of carbonyl (C=O) groups excluding carboxylic acids is 2. The largest absolute Gasteiger partial charge is 0.462 e. The van der Waals surface area contributed by atoms with Crippen LogP contribution in [-0.2, 0) is 19.1 Å². The molecule has 0 radical (unpaired) electrons. The van der Waals surface area contributed by atoms with Gasteiger partial charge in [-0.05, 0) is 13.8 Å². The van der Waals surface area contributed by atoms with Gasteiger partial charge in [0.15, 0.2) is 11.1 Å². The summed E-state index contributed by atoms with van der Waals surface area (Å²) in [5.41, 5.74) is -0.462. The predicted octanol–water partition coefficient (Wildman–Crippen LogP) is 0.643. The predicted molar refractivity (Wildman–Crippen MR) is 88.9 cm³/mol. The summed E-state index contributed by atoms with van der Waals surface area (Å²) in [6.07, 6.45) is 0. The lowest BCUT2D eigenvalue weighted by Gasteiger charge is -1.98. The number of rotatable bonds is 4. The van der Waals surface area contributed by atoms with Crippen molar-refractivity contribution in [3.05, 3.63) is 35.0 Å². The Hall–Kier alpha value is -3.58. The molecule has 1 N–H and O–H groups in total. The number of nitrogens with one attached hydrogen (secondary N) is 1. The molecule has 2 aromatic rings. The second-order valence-corrected chi connectivity index (χ2v) is 4.84. The van der Waals surface area contributed by atoms with Gasteiger partial charge in [-0.1, -0.05) is 24.3 Å². The number of nitrogens with zero attached hydrogens (tertiary/aromatic N) is 2. The Kier molecular flexibility index (Phi) is 5.54. The molecule has 0 aliphatic heterocycles. The molecule has 0 spiro atoms. The van der Waals surface area contributed by atoms with Crippen molar-refractivity contribution in [1.82, 2.24) is 4.98 Å². The fraction of sp³-hybridized carbons (Fsp3) is 0.222. The van der Waals surface area contributed by atoms with E-state index in [2.05, 4.69) is 4.98 Å². The number of hydrogen-bond acceptors (Lipinski definition) is 6. The molecule has 0 bridgehead atoms. The quantitative estimate of drug-likeness (QED) is 0.819. The van der Waals surface area contributed by atoms with E-state index in [0.717, 1.165) is 0 Å². The van der Waals surface area contributed by atoms with E-state index >= 15 is 0 Å². The van der Waals surface area contributed by atoms with Gasteiger partial charge >= 0.3 is 11.9 Å². The van der Waals surface area contributed by atoms with Gasteiger partial charge in [-0.2, -0.15) is 10.5 Å². The Balaban J connectivity index is 2.98. The molecule has 2 rings (SSSR count). The molecule has 0 saturated carbocycles. The molecule has 0 unspecified atom stereocenters. The molecular formula is C18H15N3O4. The summed E-state index contributed by atoms with van der Waals surface area (Å²) in [6, 6.07) is 10.5. The van der Waals surface area contributed by atoms with Crippen LogP contribution in [0.3, 0.4) is 0 Å². The lowest BCUT2D eigenvalue weighted by molar-refractivity contribution is -0.136. The molecule has 7 heteroatoms. The maximum atomic E-state index is 12.0. The van der Waals surface area contributed by atoms with E-state index < -0.39 is 11.9 Å². The number of nitriles is 2. The van der Waals surface area contributed by atoms with Crippen molar-refractivity contribution in [2.45, 2.75) is 13.8 Å². The SMILES string of the molecule is CCOC(=O)/C(C#N)=c1\[nH]/c(=C(/C#N)C(=O)OCC)c2ccccc12. The van der Waals surface area contributed by atoms with Crippen LogP contribution in [0.1, 0.15) is 13.8 Å². The van der Waals surface area contributed by atoms with E-state index in [1.807, 2.05) is 12.1 Å². The Labute approximate surface area is 143 Å². The van der Waals surface area contributed by atoms with Gasteiger partial charge in [0.1, 0.15) is 12.1 Å². The first-order valence-corrected chi connectivity index (χ1v) is 7.58. The van der Waals surface area contributed by atoms with Crippen molar-refractivity contribution in [2.75, 3.05) is 13.2 Å². The van der Waals surface area contributed by atoms with E-state index in [9.17, 15) is 20.1 Å². The minimum Gasteiger partial charge on any atom is -0.462 e. The zero-order valence-electron chi connectivity index (χ0n) is 13.8. The zero-order valence-corrected chi connectivity index (χ0v) is 13.8. The van der Waals surface area contributed by atoms with Crippen LogP contribution in [0.2, 0.25) is 0 Å². The average molecular weight is 337 g/mol. The van der Waals surface area contributed by atoms with Crippen molar-refractivity contribution in [3.8, 4) is 12.1 Å². The minimum absolute atomic E-state index is 0.119. The van der Waals surface area contributed by atoms with Gasteiger partial charge in [-0.25, -0.2) is 9.59 Å². The van der Waals surface area contributed by atoms with Gasteiger partial charge < -0.3 is 14.5 Å². The van der Waals surface area contributed by atoms with Crippen LogP contribution >= 0.6 is 0 Å². The lowest BCUT2D eigenvalue weighted by atomic mass is 10.1.